The van der Waals surface area contributed by atoms with Crippen LogP contribution in [0, 0.1) is 0 Å². The molecule has 0 fully saturated rings. The molecule has 1 aromatic carbocycles. The molecule has 0 aliphatic carbocycles. The zero-order valence-corrected chi connectivity index (χ0v) is 11.9. The van der Waals surface area contributed by atoms with E-state index >= 15 is 0 Å². The molecule has 18 heavy (non-hydrogen) atoms. The van der Waals surface area contributed by atoms with Crippen LogP contribution in [0.25, 0.3) is 0 Å². The average molecular weight is 253 g/mol. The smallest absolute Gasteiger partial charge is 0.203 e. The minimum atomic E-state index is 0.649. The van der Waals surface area contributed by atoms with Crippen LogP contribution in [0.2, 0.25) is 0 Å². The van der Waals surface area contributed by atoms with Gasteiger partial charge in [0.05, 0.1) is 21.3 Å². The van der Waals surface area contributed by atoms with Gasteiger partial charge in [0.1, 0.15) is 0 Å². The van der Waals surface area contributed by atoms with Gasteiger partial charge in [0.15, 0.2) is 11.5 Å². The maximum Gasteiger partial charge on any atom is 0.203 e. The molecule has 1 rings (SSSR count). The molecule has 0 unspecified atom stereocenters. The maximum absolute atomic E-state index is 5.33. The van der Waals surface area contributed by atoms with Gasteiger partial charge in [0.2, 0.25) is 5.75 Å². The van der Waals surface area contributed by atoms with Crippen molar-refractivity contribution in [3.63, 3.8) is 0 Å². The van der Waals surface area contributed by atoms with Crippen LogP contribution in [0.4, 0.5) is 0 Å². The summed E-state index contributed by atoms with van der Waals surface area (Å²) in [5, 5.41) is 0. The molecule has 0 N–H and O–H groups in total. The normalized spacial score (nSPS) is 10.6. The van der Waals surface area contributed by atoms with Gasteiger partial charge in [-0.3, -0.25) is 0 Å². The fourth-order valence-electron chi connectivity index (χ4n) is 1.88. The van der Waals surface area contributed by atoms with Crippen molar-refractivity contribution in [2.75, 3.05) is 42.0 Å². The highest BCUT2D eigenvalue weighted by Gasteiger charge is 2.12. The van der Waals surface area contributed by atoms with Gasteiger partial charge < -0.3 is 19.1 Å². The molecular formula is C14H23NO3. The van der Waals surface area contributed by atoms with Gasteiger partial charge in [-0.05, 0) is 51.2 Å². The number of methoxy groups -OCH3 is 3. The van der Waals surface area contributed by atoms with E-state index < -0.39 is 0 Å². The fourth-order valence-corrected chi connectivity index (χ4v) is 1.88. The summed E-state index contributed by atoms with van der Waals surface area (Å²) in [6, 6.07) is 4.02. The molecule has 102 valence electrons. The molecule has 0 spiro atoms. The number of aryl methyl sites for hydroxylation is 1. The third-order valence-electron chi connectivity index (χ3n) is 2.80. The van der Waals surface area contributed by atoms with Gasteiger partial charge in [-0.2, -0.15) is 0 Å². The first kappa shape index (κ1) is 14.6. The van der Waals surface area contributed by atoms with E-state index in [4.69, 9.17) is 14.2 Å². The molecule has 4 nitrogen and oxygen atoms in total. The van der Waals surface area contributed by atoms with Crippen molar-refractivity contribution in [1.82, 2.24) is 4.90 Å². The van der Waals surface area contributed by atoms with Gasteiger partial charge in [-0.15, -0.1) is 0 Å². The number of hydrogen-bond donors (Lipinski definition) is 0. The summed E-state index contributed by atoms with van der Waals surface area (Å²) in [5.41, 5.74) is 1.20. The van der Waals surface area contributed by atoms with Gasteiger partial charge >= 0.3 is 0 Å². The van der Waals surface area contributed by atoms with Crippen molar-refractivity contribution in [2.45, 2.75) is 12.8 Å². The number of benzene rings is 1. The standard InChI is InChI=1S/C14H23NO3/c1-15(2)8-6-7-11-9-12(16-3)14(18-5)13(10-11)17-4/h9-10H,6-8H2,1-5H3. The molecule has 0 radical (unpaired) electrons. The minimum Gasteiger partial charge on any atom is -0.493 e. The largest absolute Gasteiger partial charge is 0.493 e. The maximum atomic E-state index is 5.33. The van der Waals surface area contributed by atoms with Crippen molar-refractivity contribution in [3.05, 3.63) is 17.7 Å². The zero-order valence-electron chi connectivity index (χ0n) is 11.9. The lowest BCUT2D eigenvalue weighted by Crippen LogP contribution is -2.13. The first-order valence-corrected chi connectivity index (χ1v) is 6.06. The van der Waals surface area contributed by atoms with Gasteiger partial charge in [0.25, 0.3) is 0 Å². The van der Waals surface area contributed by atoms with Crippen LogP contribution in [0.15, 0.2) is 12.1 Å². The lowest BCUT2D eigenvalue weighted by atomic mass is 10.1. The average Bonchev–Trinajstić information content (AvgIpc) is 2.36. The quantitative estimate of drug-likeness (QED) is 0.745. The minimum absolute atomic E-state index is 0.649. The summed E-state index contributed by atoms with van der Waals surface area (Å²) in [5.74, 6) is 2.09. The van der Waals surface area contributed by atoms with Crippen molar-refractivity contribution in [3.8, 4) is 17.2 Å². The molecule has 4 heteroatoms. The highest BCUT2D eigenvalue weighted by molar-refractivity contribution is 5.53. The Morgan fingerprint density at radius 3 is 1.89 bits per heavy atom. The molecule has 1 aromatic rings. The summed E-state index contributed by atoms with van der Waals surface area (Å²) in [6.07, 6.45) is 2.10. The van der Waals surface area contributed by atoms with E-state index in [9.17, 15) is 0 Å². The van der Waals surface area contributed by atoms with Gasteiger partial charge in [-0.25, -0.2) is 0 Å². The summed E-state index contributed by atoms with van der Waals surface area (Å²) < 4.78 is 16.0. The zero-order chi connectivity index (χ0) is 13.5. The molecule has 0 heterocycles. The van der Waals surface area contributed by atoms with Crippen LogP contribution < -0.4 is 14.2 Å². The number of nitrogens with zero attached hydrogens (tertiary/aromatic N) is 1. The highest BCUT2D eigenvalue weighted by Crippen LogP contribution is 2.38. The Labute approximate surface area is 109 Å². The Hall–Kier alpha value is -1.42. The first-order valence-electron chi connectivity index (χ1n) is 6.06. The highest BCUT2D eigenvalue weighted by atomic mass is 16.5. The van der Waals surface area contributed by atoms with Crippen LogP contribution in [-0.2, 0) is 6.42 Å². The summed E-state index contributed by atoms with van der Waals surface area (Å²) in [4.78, 5) is 2.18. The van der Waals surface area contributed by atoms with E-state index in [-0.39, 0.29) is 0 Å². The Morgan fingerprint density at radius 1 is 0.944 bits per heavy atom. The number of hydrogen-bond acceptors (Lipinski definition) is 4. The van der Waals surface area contributed by atoms with Crippen LogP contribution in [-0.4, -0.2) is 46.9 Å². The Balaban J connectivity index is 2.86. The first-order chi connectivity index (χ1) is 8.62. The SMILES string of the molecule is COc1cc(CCCN(C)C)cc(OC)c1OC. The molecule has 0 atom stereocenters. The second-order valence-corrected chi connectivity index (χ2v) is 4.44. The van der Waals surface area contributed by atoms with E-state index in [1.54, 1.807) is 21.3 Å². The lowest BCUT2D eigenvalue weighted by Gasteiger charge is -2.14. The molecule has 0 aliphatic rings. The summed E-state index contributed by atoms with van der Waals surface area (Å²) >= 11 is 0. The van der Waals surface area contributed by atoms with Crippen molar-refractivity contribution >= 4 is 0 Å². The second kappa shape index (κ2) is 7.11. The van der Waals surface area contributed by atoms with Crippen molar-refractivity contribution in [1.29, 1.82) is 0 Å². The third-order valence-corrected chi connectivity index (χ3v) is 2.80. The fraction of sp³-hybridized carbons (Fsp3) is 0.571. The van der Waals surface area contributed by atoms with E-state index in [2.05, 4.69) is 19.0 Å². The molecule has 0 saturated heterocycles. The molecule has 0 aromatic heterocycles. The second-order valence-electron chi connectivity index (χ2n) is 4.44. The van der Waals surface area contributed by atoms with Crippen LogP contribution in [0.1, 0.15) is 12.0 Å². The van der Waals surface area contributed by atoms with Crippen molar-refractivity contribution < 1.29 is 14.2 Å². The topological polar surface area (TPSA) is 30.9 Å². The molecular weight excluding hydrogens is 230 g/mol. The molecule has 0 amide bonds. The van der Waals surface area contributed by atoms with Crippen LogP contribution >= 0.6 is 0 Å². The van der Waals surface area contributed by atoms with Gasteiger partial charge in [-0.1, -0.05) is 0 Å². The Morgan fingerprint density at radius 2 is 1.50 bits per heavy atom. The van der Waals surface area contributed by atoms with E-state index in [1.165, 1.54) is 5.56 Å². The summed E-state index contributed by atoms with van der Waals surface area (Å²) in [6.45, 7) is 1.07. The third kappa shape index (κ3) is 3.81. The Kier molecular flexibility index (Phi) is 5.78. The predicted octanol–water partition coefficient (Wildman–Crippen LogP) is 2.21. The molecule has 0 aliphatic heterocycles. The van der Waals surface area contributed by atoms with E-state index in [0.29, 0.717) is 5.75 Å². The number of rotatable bonds is 7. The lowest BCUT2D eigenvalue weighted by molar-refractivity contribution is 0.323. The van der Waals surface area contributed by atoms with Crippen LogP contribution in [0.5, 0.6) is 17.2 Å². The molecule has 0 saturated carbocycles. The predicted molar refractivity (Wildman–Crippen MR) is 73.0 cm³/mol. The molecule has 0 bridgehead atoms. The van der Waals surface area contributed by atoms with Crippen molar-refractivity contribution in [2.24, 2.45) is 0 Å². The van der Waals surface area contributed by atoms with E-state index in [1.807, 2.05) is 12.1 Å². The van der Waals surface area contributed by atoms with E-state index in [0.717, 1.165) is 30.9 Å². The summed E-state index contributed by atoms with van der Waals surface area (Å²) in [7, 11) is 9.05. The van der Waals surface area contributed by atoms with Crippen LogP contribution in [0.3, 0.4) is 0 Å². The van der Waals surface area contributed by atoms with Gasteiger partial charge in [0, 0.05) is 0 Å². The monoisotopic (exact) mass is 253 g/mol. The Bertz CT molecular complexity index is 352. The number of ether oxygens (including phenoxy) is 3.